The number of pyridine rings is 1. The summed E-state index contributed by atoms with van der Waals surface area (Å²) in [6.45, 7) is 4.35. The van der Waals surface area contributed by atoms with Crippen LogP contribution in [0.4, 0.5) is 0 Å². The number of aromatic nitrogens is 1. The zero-order chi connectivity index (χ0) is 13.4. The molecule has 4 heteroatoms. The number of hydrogen-bond donors (Lipinski definition) is 2. The predicted octanol–water partition coefficient (Wildman–Crippen LogP) is 1.31. The van der Waals surface area contributed by atoms with E-state index in [1.54, 1.807) is 18.5 Å². The van der Waals surface area contributed by atoms with E-state index in [4.69, 9.17) is 5.73 Å². The minimum absolute atomic E-state index is 0.111. The van der Waals surface area contributed by atoms with Gasteiger partial charge in [-0.15, -0.1) is 0 Å². The van der Waals surface area contributed by atoms with Crippen LogP contribution in [-0.4, -0.2) is 23.5 Å². The van der Waals surface area contributed by atoms with Gasteiger partial charge in [0.25, 0.3) is 5.91 Å². The molecule has 0 saturated heterocycles. The summed E-state index contributed by atoms with van der Waals surface area (Å²) < 4.78 is 0. The van der Waals surface area contributed by atoms with Gasteiger partial charge >= 0.3 is 0 Å². The second kappa shape index (κ2) is 7.46. The summed E-state index contributed by atoms with van der Waals surface area (Å²) in [5.74, 6) is 5.49. The van der Waals surface area contributed by atoms with Crippen molar-refractivity contribution < 1.29 is 4.79 Å². The molecule has 0 aliphatic heterocycles. The van der Waals surface area contributed by atoms with Crippen LogP contribution in [0.2, 0.25) is 0 Å². The van der Waals surface area contributed by atoms with Crippen molar-refractivity contribution in [2.45, 2.75) is 32.7 Å². The smallest absolute Gasteiger partial charge is 0.252 e. The zero-order valence-corrected chi connectivity index (χ0v) is 10.9. The molecule has 1 amide bonds. The summed E-state index contributed by atoms with van der Waals surface area (Å²) in [7, 11) is 0. The maximum absolute atomic E-state index is 12.1. The number of carbonyl (C=O) groups is 1. The molecule has 1 heterocycles. The van der Waals surface area contributed by atoms with Gasteiger partial charge in [-0.1, -0.05) is 25.2 Å². The van der Waals surface area contributed by atoms with Crippen LogP contribution in [0.3, 0.4) is 0 Å². The van der Waals surface area contributed by atoms with E-state index < -0.39 is 0 Å². The zero-order valence-electron chi connectivity index (χ0n) is 10.9. The maximum Gasteiger partial charge on any atom is 0.252 e. The van der Waals surface area contributed by atoms with Gasteiger partial charge in [-0.2, -0.15) is 0 Å². The summed E-state index contributed by atoms with van der Waals surface area (Å²) >= 11 is 0. The lowest BCUT2D eigenvalue weighted by molar-refractivity contribution is 0.0938. The third-order valence-electron chi connectivity index (χ3n) is 2.49. The van der Waals surface area contributed by atoms with E-state index >= 15 is 0 Å². The summed E-state index contributed by atoms with van der Waals surface area (Å²) in [5, 5.41) is 2.95. The number of nitrogens with one attached hydrogen (secondary N) is 1. The fourth-order valence-electron chi connectivity index (χ4n) is 1.65. The first kappa shape index (κ1) is 14.2. The Balaban J connectivity index is 2.85. The predicted molar refractivity (Wildman–Crippen MR) is 72.0 cm³/mol. The second-order valence-corrected chi connectivity index (χ2v) is 4.09. The third kappa shape index (κ3) is 4.19. The van der Waals surface area contributed by atoms with E-state index in [1.807, 2.05) is 6.92 Å². The number of carbonyl (C=O) groups excluding carboxylic acids is 1. The first-order valence-corrected chi connectivity index (χ1v) is 6.12. The SMILES string of the molecule is CCCC(C)NC(=O)c1ccncc1C#CCN. The Kier molecular flexibility index (Phi) is 5.89. The second-order valence-electron chi connectivity index (χ2n) is 4.09. The lowest BCUT2D eigenvalue weighted by Crippen LogP contribution is -2.32. The van der Waals surface area contributed by atoms with E-state index in [2.05, 4.69) is 29.1 Å². The van der Waals surface area contributed by atoms with Crippen LogP contribution in [0.15, 0.2) is 18.5 Å². The number of rotatable bonds is 4. The van der Waals surface area contributed by atoms with E-state index in [-0.39, 0.29) is 18.5 Å². The van der Waals surface area contributed by atoms with Crippen LogP contribution in [-0.2, 0) is 0 Å². The van der Waals surface area contributed by atoms with Gasteiger partial charge in [-0.25, -0.2) is 0 Å². The minimum Gasteiger partial charge on any atom is -0.350 e. The molecule has 3 N–H and O–H groups in total. The van der Waals surface area contributed by atoms with Crippen molar-refractivity contribution in [1.82, 2.24) is 10.3 Å². The highest BCUT2D eigenvalue weighted by atomic mass is 16.1. The van der Waals surface area contributed by atoms with Crippen LogP contribution in [0.5, 0.6) is 0 Å². The van der Waals surface area contributed by atoms with Gasteiger partial charge < -0.3 is 11.1 Å². The summed E-state index contributed by atoms with van der Waals surface area (Å²) in [5.41, 5.74) is 6.49. The summed E-state index contributed by atoms with van der Waals surface area (Å²) in [6, 6.07) is 1.83. The first-order valence-electron chi connectivity index (χ1n) is 6.12. The largest absolute Gasteiger partial charge is 0.350 e. The molecule has 1 rings (SSSR count). The van der Waals surface area contributed by atoms with Crippen LogP contribution in [0.25, 0.3) is 0 Å². The van der Waals surface area contributed by atoms with Crippen LogP contribution in [0.1, 0.15) is 42.6 Å². The number of nitrogens with two attached hydrogens (primary N) is 1. The van der Waals surface area contributed by atoms with Gasteiger partial charge in [-0.3, -0.25) is 9.78 Å². The molecule has 1 aromatic heterocycles. The van der Waals surface area contributed by atoms with Crippen molar-refractivity contribution in [3.63, 3.8) is 0 Å². The van der Waals surface area contributed by atoms with Crippen molar-refractivity contribution in [3.05, 3.63) is 29.6 Å². The highest BCUT2D eigenvalue weighted by molar-refractivity contribution is 5.96. The lowest BCUT2D eigenvalue weighted by Gasteiger charge is -2.13. The highest BCUT2D eigenvalue weighted by Crippen LogP contribution is 2.06. The topological polar surface area (TPSA) is 68.0 Å². The van der Waals surface area contributed by atoms with Crippen molar-refractivity contribution >= 4 is 5.91 Å². The molecule has 1 unspecified atom stereocenters. The van der Waals surface area contributed by atoms with Gasteiger partial charge in [0, 0.05) is 18.4 Å². The molecule has 18 heavy (non-hydrogen) atoms. The Morgan fingerprint density at radius 2 is 2.39 bits per heavy atom. The molecular formula is C14H19N3O. The molecule has 0 saturated carbocycles. The maximum atomic E-state index is 12.1. The summed E-state index contributed by atoms with van der Waals surface area (Å²) in [4.78, 5) is 16.0. The Labute approximate surface area is 108 Å². The Hall–Kier alpha value is -1.86. The fourth-order valence-corrected chi connectivity index (χ4v) is 1.65. The molecule has 0 radical (unpaired) electrons. The van der Waals surface area contributed by atoms with Gasteiger partial charge in [0.1, 0.15) is 0 Å². The lowest BCUT2D eigenvalue weighted by atomic mass is 10.1. The molecule has 0 aliphatic carbocycles. The van der Waals surface area contributed by atoms with Gasteiger partial charge in [-0.05, 0) is 19.4 Å². The number of nitrogens with zero attached hydrogens (tertiary/aromatic N) is 1. The van der Waals surface area contributed by atoms with E-state index in [0.717, 1.165) is 12.8 Å². The first-order chi connectivity index (χ1) is 8.69. The quantitative estimate of drug-likeness (QED) is 0.786. The van der Waals surface area contributed by atoms with Gasteiger partial charge in [0.05, 0.1) is 17.7 Å². The van der Waals surface area contributed by atoms with Crippen LogP contribution in [0, 0.1) is 11.8 Å². The molecular weight excluding hydrogens is 226 g/mol. The average Bonchev–Trinajstić information content (AvgIpc) is 2.36. The van der Waals surface area contributed by atoms with Crippen molar-refractivity contribution in [2.24, 2.45) is 5.73 Å². The molecule has 96 valence electrons. The number of hydrogen-bond acceptors (Lipinski definition) is 3. The minimum atomic E-state index is -0.111. The van der Waals surface area contributed by atoms with Crippen LogP contribution < -0.4 is 11.1 Å². The standard InChI is InChI=1S/C14H19N3O/c1-3-5-11(2)17-14(18)13-7-9-16-10-12(13)6-4-8-15/h7,9-11H,3,5,8,15H2,1-2H3,(H,17,18). The van der Waals surface area contributed by atoms with E-state index in [0.29, 0.717) is 11.1 Å². The van der Waals surface area contributed by atoms with E-state index in [9.17, 15) is 4.79 Å². The molecule has 0 aliphatic rings. The Bertz CT molecular complexity index is 460. The van der Waals surface area contributed by atoms with Crippen LogP contribution >= 0.6 is 0 Å². The van der Waals surface area contributed by atoms with Crippen molar-refractivity contribution in [3.8, 4) is 11.8 Å². The normalized spacial score (nSPS) is 11.3. The van der Waals surface area contributed by atoms with Crippen molar-refractivity contribution in [1.29, 1.82) is 0 Å². The molecule has 4 nitrogen and oxygen atoms in total. The molecule has 1 atom stereocenters. The summed E-state index contributed by atoms with van der Waals surface area (Å²) in [6.07, 6.45) is 5.17. The monoisotopic (exact) mass is 245 g/mol. The highest BCUT2D eigenvalue weighted by Gasteiger charge is 2.12. The molecule has 0 bridgehead atoms. The van der Waals surface area contributed by atoms with E-state index in [1.165, 1.54) is 0 Å². The number of amides is 1. The van der Waals surface area contributed by atoms with Crippen molar-refractivity contribution in [2.75, 3.05) is 6.54 Å². The Morgan fingerprint density at radius 3 is 3.06 bits per heavy atom. The van der Waals surface area contributed by atoms with Gasteiger partial charge in [0.15, 0.2) is 0 Å². The fraction of sp³-hybridized carbons (Fsp3) is 0.429. The average molecular weight is 245 g/mol. The molecule has 0 fully saturated rings. The molecule has 0 spiro atoms. The third-order valence-corrected chi connectivity index (χ3v) is 2.49. The van der Waals surface area contributed by atoms with Gasteiger partial charge in [0.2, 0.25) is 0 Å². The molecule has 0 aromatic carbocycles. The Morgan fingerprint density at radius 1 is 1.61 bits per heavy atom. The molecule has 1 aromatic rings.